The Bertz CT molecular complexity index is 702. The van der Waals surface area contributed by atoms with Crippen LogP contribution in [-0.2, 0) is 35.5 Å². The molecule has 1 aliphatic rings. The Morgan fingerprint density at radius 3 is 1.46 bits per heavy atom. The average Bonchev–Trinajstić information content (AvgIpc) is 2.47. The zero-order valence-corrected chi connectivity index (χ0v) is 30.8. The first-order valence-electron chi connectivity index (χ1n) is 12.6. The van der Waals surface area contributed by atoms with Gasteiger partial charge in [-0.3, -0.25) is 4.52 Å². The van der Waals surface area contributed by atoms with Crippen molar-refractivity contribution in [3.8, 4) is 0 Å². The summed E-state index contributed by atoms with van der Waals surface area (Å²) in [4.78, 5) is 0. The normalized spacial score (nSPS) is 25.7. The minimum absolute atomic E-state index is 0.0124. The molecule has 0 aromatic rings. The Hall–Kier alpha value is 1.03. The van der Waals surface area contributed by atoms with Crippen molar-refractivity contribution in [3.05, 3.63) is 0 Å². The summed E-state index contributed by atoms with van der Waals surface area (Å²) in [5.41, 5.74) is 0. The van der Waals surface area contributed by atoms with Gasteiger partial charge >= 0.3 is 7.82 Å². The Morgan fingerprint density at radius 1 is 0.657 bits per heavy atom. The fourth-order valence-corrected chi connectivity index (χ4v) is 13.3. The maximum absolute atomic E-state index is 13.8. The van der Waals surface area contributed by atoms with Gasteiger partial charge in [-0.25, -0.2) is 4.57 Å². The highest BCUT2D eigenvalue weighted by Gasteiger charge is 2.47. The van der Waals surface area contributed by atoms with Crippen LogP contribution in [0.25, 0.3) is 0 Å². The molecular weight excluding hydrogens is 552 g/mol. The van der Waals surface area contributed by atoms with E-state index in [0.29, 0.717) is 6.42 Å². The number of phosphoric acid groups is 1. The molecule has 1 fully saturated rings. The lowest BCUT2D eigenvalue weighted by Gasteiger charge is -2.46. The Balaban J connectivity index is 3.31. The van der Waals surface area contributed by atoms with Crippen molar-refractivity contribution >= 4 is 49.4 Å². The van der Waals surface area contributed by atoms with Crippen molar-refractivity contribution in [2.24, 2.45) is 0 Å². The Kier molecular flexibility index (Phi) is 11.7. The van der Waals surface area contributed by atoms with Crippen LogP contribution in [-0.4, -0.2) is 72.8 Å². The lowest BCUT2D eigenvalue weighted by molar-refractivity contribution is -0.224. The summed E-state index contributed by atoms with van der Waals surface area (Å²) in [5, 5.41) is 0. The molecule has 0 aromatic heterocycles. The number of rotatable bonds is 13. The van der Waals surface area contributed by atoms with Crippen LogP contribution in [0, 0.1) is 0 Å². The molecule has 4 atom stereocenters. The first-order valence-corrected chi connectivity index (χ1v) is 31.1. The van der Waals surface area contributed by atoms with Gasteiger partial charge in [-0.1, -0.05) is 0 Å². The van der Waals surface area contributed by atoms with Crippen molar-refractivity contribution in [2.75, 3.05) is 6.61 Å². The Morgan fingerprint density at radius 2 is 1.09 bits per heavy atom. The third-order valence-corrected chi connectivity index (χ3v) is 13.7. The van der Waals surface area contributed by atoms with Gasteiger partial charge in [0.1, 0.15) is 6.10 Å². The van der Waals surface area contributed by atoms with Gasteiger partial charge < -0.3 is 26.4 Å². The predicted octanol–water partition coefficient (Wildman–Crippen LogP) is 7.22. The quantitative estimate of drug-likeness (QED) is 0.161. The largest absolute Gasteiger partial charge is 0.455 e. The SMILES string of the molecule is C[Si](C)(C)OC1C[C@@H](O[Si](C)(C)C)[C@H](O[Si](C)(C)C)[C@@H](COP(=O)(O[Si](C)(C)C)O[Si](C)(C)C)O1. The van der Waals surface area contributed by atoms with Crippen LogP contribution in [0.1, 0.15) is 6.42 Å². The van der Waals surface area contributed by atoms with E-state index in [4.69, 9.17) is 31.0 Å². The Labute approximate surface area is 220 Å². The zero-order valence-electron chi connectivity index (χ0n) is 24.9. The molecule has 1 unspecified atom stereocenters. The van der Waals surface area contributed by atoms with E-state index in [0.717, 1.165) is 0 Å². The van der Waals surface area contributed by atoms with Gasteiger partial charge in [0.15, 0.2) is 47.9 Å². The molecule has 1 rings (SSSR count). The summed E-state index contributed by atoms with van der Waals surface area (Å²) >= 11 is 0. The first-order chi connectivity index (χ1) is 15.3. The molecule has 0 aliphatic carbocycles. The van der Waals surface area contributed by atoms with E-state index in [1.807, 2.05) is 39.3 Å². The third kappa shape index (κ3) is 15.3. The van der Waals surface area contributed by atoms with Crippen LogP contribution in [0.4, 0.5) is 0 Å². The summed E-state index contributed by atoms with van der Waals surface area (Å²) in [6.07, 6.45) is -0.932. The third-order valence-electron chi connectivity index (χ3n) is 4.13. The fraction of sp³-hybridized carbons (Fsp3) is 1.00. The van der Waals surface area contributed by atoms with Crippen molar-refractivity contribution in [2.45, 2.75) is 129 Å². The minimum Gasteiger partial charge on any atom is -0.412 e. The number of hydrogen-bond donors (Lipinski definition) is 0. The molecule has 0 N–H and O–H groups in total. The molecule has 0 spiro atoms. The van der Waals surface area contributed by atoms with Gasteiger partial charge in [0.05, 0.1) is 18.8 Å². The molecule has 1 saturated heterocycles. The second-order valence-electron chi connectivity index (χ2n) is 14.2. The molecule has 210 valence electrons. The summed E-state index contributed by atoms with van der Waals surface area (Å²) < 4.78 is 57.8. The molecule has 8 nitrogen and oxygen atoms in total. The van der Waals surface area contributed by atoms with Crippen molar-refractivity contribution in [3.63, 3.8) is 0 Å². The molecule has 14 heteroatoms. The topological polar surface area (TPSA) is 81.7 Å². The van der Waals surface area contributed by atoms with Gasteiger partial charge in [0.2, 0.25) is 0 Å². The second kappa shape index (κ2) is 12.0. The molecule has 0 bridgehead atoms. The van der Waals surface area contributed by atoms with E-state index in [1.54, 1.807) is 0 Å². The summed E-state index contributed by atoms with van der Waals surface area (Å²) in [6.45, 7) is 31.2. The van der Waals surface area contributed by atoms with Crippen molar-refractivity contribution in [1.29, 1.82) is 0 Å². The number of ether oxygens (including phenoxy) is 1. The highest BCUT2D eigenvalue weighted by molar-refractivity contribution is 7.52. The summed E-state index contributed by atoms with van der Waals surface area (Å²) in [7, 11) is -14.0. The fourth-order valence-electron chi connectivity index (χ4n) is 3.53. The minimum atomic E-state index is -3.79. The van der Waals surface area contributed by atoms with Crippen molar-refractivity contribution in [1.82, 2.24) is 0 Å². The van der Waals surface area contributed by atoms with Crippen LogP contribution in [0.5, 0.6) is 0 Å². The molecule has 1 heterocycles. The molecule has 0 radical (unpaired) electrons. The zero-order chi connectivity index (χ0) is 27.7. The average molecular weight is 605 g/mol. The van der Waals surface area contributed by atoms with E-state index in [9.17, 15) is 4.57 Å². The van der Waals surface area contributed by atoms with Crippen LogP contribution in [0.2, 0.25) is 98.2 Å². The van der Waals surface area contributed by atoms with Gasteiger partial charge in [-0.05, 0) is 98.2 Å². The maximum atomic E-state index is 13.8. The summed E-state index contributed by atoms with van der Waals surface area (Å²) in [6, 6.07) is 0. The van der Waals surface area contributed by atoms with Crippen LogP contribution < -0.4 is 0 Å². The monoisotopic (exact) mass is 604 g/mol. The van der Waals surface area contributed by atoms with Gasteiger partial charge in [-0.15, -0.1) is 0 Å². The van der Waals surface area contributed by atoms with Crippen molar-refractivity contribution < 1.29 is 35.5 Å². The predicted molar refractivity (Wildman–Crippen MR) is 157 cm³/mol. The second-order valence-corrected chi connectivity index (χ2v) is 38.6. The highest BCUT2D eigenvalue weighted by atomic mass is 31.2. The van der Waals surface area contributed by atoms with Crippen LogP contribution in [0.15, 0.2) is 0 Å². The van der Waals surface area contributed by atoms with Crippen LogP contribution in [0.3, 0.4) is 0 Å². The smallest absolute Gasteiger partial charge is 0.412 e. The van der Waals surface area contributed by atoms with Gasteiger partial charge in [0, 0.05) is 6.42 Å². The molecule has 35 heavy (non-hydrogen) atoms. The highest BCUT2D eigenvalue weighted by Crippen LogP contribution is 2.54. The van der Waals surface area contributed by atoms with E-state index < -0.39 is 61.8 Å². The van der Waals surface area contributed by atoms with E-state index in [1.165, 1.54) is 0 Å². The van der Waals surface area contributed by atoms with Gasteiger partial charge in [0.25, 0.3) is 0 Å². The molecular formula is C21H53O8PSi5. The molecule has 1 aliphatic heterocycles. The lowest BCUT2D eigenvalue weighted by atomic mass is 10.0. The maximum Gasteiger partial charge on any atom is 0.455 e. The molecule has 0 saturated carbocycles. The van der Waals surface area contributed by atoms with E-state index >= 15 is 0 Å². The first kappa shape index (κ1) is 34.1. The number of hydrogen-bond acceptors (Lipinski definition) is 8. The molecule has 0 aromatic carbocycles. The molecule has 0 amide bonds. The van der Waals surface area contributed by atoms with Crippen LogP contribution >= 0.6 is 7.82 Å². The van der Waals surface area contributed by atoms with E-state index in [2.05, 4.69) is 58.9 Å². The standard InChI is InChI=1S/C21H53O8PSi5/c1-31(2,3)25-18-16-20(26-32(4,5)6)24-19(21(18)27-33(7,8)9)17-23-30(22,28-34(10,11)12)29-35(13,14)15/h18-21H,16-17H2,1-15H3/t18-,19-,20?,21+/m1/s1. The lowest BCUT2D eigenvalue weighted by Crippen LogP contribution is -2.58. The summed E-state index contributed by atoms with van der Waals surface area (Å²) in [5.74, 6) is 0. The van der Waals surface area contributed by atoms with Gasteiger partial charge in [-0.2, -0.15) is 0 Å². The van der Waals surface area contributed by atoms with E-state index in [-0.39, 0.29) is 18.8 Å².